The van der Waals surface area contributed by atoms with Crippen LogP contribution < -0.4 is 15.6 Å². The van der Waals surface area contributed by atoms with Gasteiger partial charge in [-0.25, -0.2) is 14.4 Å². The lowest BCUT2D eigenvalue weighted by Gasteiger charge is -2.19. The number of benzene rings is 1. The van der Waals surface area contributed by atoms with Gasteiger partial charge in [0, 0.05) is 18.9 Å². The van der Waals surface area contributed by atoms with Gasteiger partial charge in [-0.1, -0.05) is 12.1 Å². The number of nitrogens with zero attached hydrogens (tertiary/aromatic N) is 2. The van der Waals surface area contributed by atoms with Gasteiger partial charge in [-0.2, -0.15) is 0 Å². The lowest BCUT2D eigenvalue weighted by atomic mass is 10.1. The van der Waals surface area contributed by atoms with Crippen LogP contribution in [0.2, 0.25) is 0 Å². The summed E-state index contributed by atoms with van der Waals surface area (Å²) in [6.07, 6.45) is -5.06. The van der Waals surface area contributed by atoms with E-state index in [0.717, 1.165) is 24.3 Å². The number of aromatic nitrogens is 3. The Labute approximate surface area is 184 Å². The SMILES string of the molecule is COC[C@@H](NC(=O)c1cc(=O)[nH]c(-c2cccc(C)n2)n1)c1ccc(OC(F)(F)F)c(F)c1. The van der Waals surface area contributed by atoms with Crippen LogP contribution in [0.4, 0.5) is 17.6 Å². The van der Waals surface area contributed by atoms with Crippen LogP contribution in [-0.4, -0.2) is 40.9 Å². The Morgan fingerprint density at radius 2 is 1.94 bits per heavy atom. The van der Waals surface area contributed by atoms with Crippen molar-refractivity contribution in [3.05, 3.63) is 75.6 Å². The summed E-state index contributed by atoms with van der Waals surface area (Å²) in [7, 11) is 1.32. The molecule has 2 N–H and O–H groups in total. The average Bonchev–Trinajstić information content (AvgIpc) is 2.73. The topological polar surface area (TPSA) is 106 Å². The van der Waals surface area contributed by atoms with Gasteiger partial charge in [-0.15, -0.1) is 13.2 Å². The molecule has 0 aliphatic carbocycles. The molecule has 0 radical (unpaired) electrons. The quantitative estimate of drug-likeness (QED) is 0.518. The molecule has 3 rings (SSSR count). The molecule has 3 aromatic rings. The minimum atomic E-state index is -5.06. The molecule has 2 heterocycles. The van der Waals surface area contributed by atoms with Crippen molar-refractivity contribution in [2.45, 2.75) is 19.3 Å². The smallest absolute Gasteiger partial charge is 0.403 e. The van der Waals surface area contributed by atoms with Crippen LogP contribution in [0.1, 0.15) is 27.8 Å². The molecule has 0 fully saturated rings. The van der Waals surface area contributed by atoms with Crippen molar-refractivity contribution in [2.75, 3.05) is 13.7 Å². The summed E-state index contributed by atoms with van der Waals surface area (Å²) >= 11 is 0. The first-order valence-corrected chi connectivity index (χ1v) is 9.46. The number of hydrogen-bond donors (Lipinski definition) is 2. The number of aryl methyl sites for hydroxylation is 1. The highest BCUT2D eigenvalue weighted by Gasteiger charge is 2.32. The predicted molar refractivity (Wildman–Crippen MR) is 108 cm³/mol. The second kappa shape index (κ2) is 9.77. The monoisotopic (exact) mass is 466 g/mol. The molecule has 12 heteroatoms. The minimum absolute atomic E-state index is 0.0688. The Bertz CT molecular complexity index is 1210. The van der Waals surface area contributed by atoms with Gasteiger partial charge >= 0.3 is 6.36 Å². The van der Waals surface area contributed by atoms with E-state index in [4.69, 9.17) is 4.74 Å². The van der Waals surface area contributed by atoms with E-state index < -0.39 is 35.4 Å². The van der Waals surface area contributed by atoms with Gasteiger partial charge in [0.15, 0.2) is 17.4 Å². The molecule has 1 aromatic carbocycles. The Morgan fingerprint density at radius 1 is 1.18 bits per heavy atom. The number of rotatable bonds is 7. The number of aromatic amines is 1. The van der Waals surface area contributed by atoms with Crippen molar-refractivity contribution in [1.82, 2.24) is 20.3 Å². The number of alkyl halides is 3. The Kier molecular flexibility index (Phi) is 7.07. The summed E-state index contributed by atoms with van der Waals surface area (Å²) < 4.78 is 59.9. The number of ether oxygens (including phenoxy) is 2. The standard InChI is InChI=1S/C21H18F4N4O4/c1-11-4-3-5-14(26-11)19-27-15(9-18(30)29-19)20(31)28-16(10-32-2)12-6-7-17(13(22)8-12)33-21(23,24)25/h3-9,16H,10H2,1-2H3,(H,28,31)(H,27,29,30)/t16-/m1/s1. The molecule has 1 atom stereocenters. The van der Waals surface area contributed by atoms with Gasteiger partial charge in [-0.3, -0.25) is 9.59 Å². The summed E-state index contributed by atoms with van der Waals surface area (Å²) in [5, 5.41) is 2.53. The number of H-pyrrole nitrogens is 1. The van der Waals surface area contributed by atoms with E-state index >= 15 is 0 Å². The highest BCUT2D eigenvalue weighted by Crippen LogP contribution is 2.28. The van der Waals surface area contributed by atoms with E-state index in [9.17, 15) is 27.2 Å². The molecule has 0 unspecified atom stereocenters. The largest absolute Gasteiger partial charge is 0.573 e. The van der Waals surface area contributed by atoms with E-state index in [0.29, 0.717) is 11.4 Å². The number of methoxy groups -OCH3 is 1. The number of carbonyl (C=O) groups excluding carboxylic acids is 1. The Morgan fingerprint density at radius 3 is 2.58 bits per heavy atom. The highest BCUT2D eigenvalue weighted by atomic mass is 19.4. The summed E-state index contributed by atoms with van der Waals surface area (Å²) in [4.78, 5) is 35.7. The van der Waals surface area contributed by atoms with Crippen LogP contribution in [-0.2, 0) is 4.74 Å². The third kappa shape index (κ3) is 6.35. The molecule has 0 bridgehead atoms. The zero-order valence-corrected chi connectivity index (χ0v) is 17.4. The second-order valence-electron chi connectivity index (χ2n) is 6.86. The molecule has 1 amide bonds. The van der Waals surface area contributed by atoms with Crippen molar-refractivity contribution < 1.29 is 31.8 Å². The molecular weight excluding hydrogens is 448 g/mol. The molecule has 0 aliphatic rings. The molecule has 8 nitrogen and oxygen atoms in total. The fraction of sp³-hybridized carbons (Fsp3) is 0.238. The first-order valence-electron chi connectivity index (χ1n) is 9.46. The van der Waals surface area contributed by atoms with E-state index in [1.807, 2.05) is 0 Å². The minimum Gasteiger partial charge on any atom is -0.403 e. The van der Waals surface area contributed by atoms with Crippen molar-refractivity contribution in [3.8, 4) is 17.3 Å². The van der Waals surface area contributed by atoms with Crippen molar-refractivity contribution in [2.24, 2.45) is 0 Å². The van der Waals surface area contributed by atoms with Crippen molar-refractivity contribution >= 4 is 5.91 Å². The second-order valence-corrected chi connectivity index (χ2v) is 6.86. The fourth-order valence-corrected chi connectivity index (χ4v) is 2.93. The van der Waals surface area contributed by atoms with Gasteiger partial charge in [0.2, 0.25) is 0 Å². The maximum absolute atomic E-state index is 14.1. The first kappa shape index (κ1) is 23.9. The summed E-state index contributed by atoms with van der Waals surface area (Å²) in [6.45, 7) is 1.61. The number of pyridine rings is 1. The first-order chi connectivity index (χ1) is 15.6. The lowest BCUT2D eigenvalue weighted by Crippen LogP contribution is -2.33. The maximum Gasteiger partial charge on any atom is 0.573 e. The van der Waals surface area contributed by atoms with Crippen LogP contribution in [0.15, 0.2) is 47.3 Å². The normalized spacial score (nSPS) is 12.3. The zero-order chi connectivity index (χ0) is 24.2. The van der Waals surface area contributed by atoms with E-state index in [-0.39, 0.29) is 23.7 Å². The molecule has 0 saturated heterocycles. The Balaban J connectivity index is 1.87. The van der Waals surface area contributed by atoms with E-state index in [2.05, 4.69) is 25.0 Å². The van der Waals surface area contributed by atoms with E-state index in [1.54, 1.807) is 25.1 Å². The van der Waals surface area contributed by atoms with Crippen LogP contribution in [0.5, 0.6) is 5.75 Å². The van der Waals surface area contributed by atoms with Gasteiger partial charge in [-0.05, 0) is 36.8 Å². The van der Waals surface area contributed by atoms with Gasteiger partial charge in [0.05, 0.1) is 12.6 Å². The van der Waals surface area contributed by atoms with E-state index in [1.165, 1.54) is 7.11 Å². The molecule has 33 heavy (non-hydrogen) atoms. The molecular formula is C21H18F4N4O4. The third-order valence-corrected chi connectivity index (χ3v) is 4.33. The number of amides is 1. The average molecular weight is 466 g/mol. The number of carbonyl (C=O) groups is 1. The van der Waals surface area contributed by atoms with Gasteiger partial charge in [0.1, 0.15) is 11.4 Å². The highest BCUT2D eigenvalue weighted by molar-refractivity contribution is 5.92. The van der Waals surface area contributed by atoms with Gasteiger partial charge < -0.3 is 19.8 Å². The molecule has 2 aromatic heterocycles. The summed E-state index contributed by atoms with van der Waals surface area (Å²) in [5.41, 5.74) is 0.289. The summed E-state index contributed by atoms with van der Waals surface area (Å²) in [6, 6.07) is 7.81. The fourth-order valence-electron chi connectivity index (χ4n) is 2.93. The molecule has 0 aliphatic heterocycles. The summed E-state index contributed by atoms with van der Waals surface area (Å²) in [5.74, 6) is -3.00. The maximum atomic E-state index is 14.1. The molecule has 174 valence electrons. The van der Waals surface area contributed by atoms with Crippen LogP contribution >= 0.6 is 0 Å². The van der Waals surface area contributed by atoms with Crippen LogP contribution in [0.3, 0.4) is 0 Å². The molecule has 0 spiro atoms. The number of halogens is 4. The molecule has 0 saturated carbocycles. The lowest BCUT2D eigenvalue weighted by molar-refractivity contribution is -0.275. The van der Waals surface area contributed by atoms with Crippen molar-refractivity contribution in [1.29, 1.82) is 0 Å². The predicted octanol–water partition coefficient (Wildman–Crippen LogP) is 3.30. The van der Waals surface area contributed by atoms with Crippen LogP contribution in [0, 0.1) is 12.7 Å². The third-order valence-electron chi connectivity index (χ3n) is 4.33. The van der Waals surface area contributed by atoms with Crippen LogP contribution in [0.25, 0.3) is 11.5 Å². The Hall–Kier alpha value is -3.80. The number of nitrogens with one attached hydrogen (secondary N) is 2. The zero-order valence-electron chi connectivity index (χ0n) is 17.4. The number of hydrogen-bond acceptors (Lipinski definition) is 6. The van der Waals surface area contributed by atoms with Crippen molar-refractivity contribution in [3.63, 3.8) is 0 Å². The van der Waals surface area contributed by atoms with Gasteiger partial charge in [0.25, 0.3) is 11.5 Å².